The molecule has 21 heavy (non-hydrogen) atoms. The number of nitrogens with zero attached hydrogens (tertiary/aromatic N) is 2. The summed E-state index contributed by atoms with van der Waals surface area (Å²) in [4.78, 5) is 41.3. The summed E-state index contributed by atoms with van der Waals surface area (Å²) in [7, 11) is 0. The molecule has 112 valence electrons. The highest BCUT2D eigenvalue weighted by Gasteiger charge is 2.31. The molecule has 0 saturated carbocycles. The van der Waals surface area contributed by atoms with Gasteiger partial charge in [0.2, 0.25) is 11.8 Å². The summed E-state index contributed by atoms with van der Waals surface area (Å²) < 4.78 is 8.25. The second-order valence-electron chi connectivity index (χ2n) is 5.74. The largest absolute Gasteiger partial charge is 0.320 e. The van der Waals surface area contributed by atoms with E-state index in [9.17, 15) is 14.4 Å². The molecule has 1 aliphatic rings. The van der Waals surface area contributed by atoms with Crippen molar-refractivity contribution in [3.63, 3.8) is 0 Å². The van der Waals surface area contributed by atoms with Gasteiger partial charge < -0.3 is 5.32 Å². The van der Waals surface area contributed by atoms with Gasteiger partial charge in [0.1, 0.15) is 12.2 Å². The molecule has 1 aromatic heterocycles. The zero-order valence-corrected chi connectivity index (χ0v) is 13.1. The van der Waals surface area contributed by atoms with Crippen LogP contribution in [0, 0.1) is 0 Å². The first-order valence-electron chi connectivity index (χ1n) is 6.90. The first-order chi connectivity index (χ1) is 10.1. The Bertz CT molecular complexity index is 688. The molecule has 0 unspecified atom stereocenters. The van der Waals surface area contributed by atoms with Gasteiger partial charge in [0.25, 0.3) is 5.91 Å². The van der Waals surface area contributed by atoms with E-state index < -0.39 is 17.7 Å². The summed E-state index contributed by atoms with van der Waals surface area (Å²) in [6.07, 6.45) is 0. The number of thiazole rings is 1. The zero-order chi connectivity index (χ0) is 16.7. The Morgan fingerprint density at radius 2 is 2.19 bits per heavy atom. The van der Waals surface area contributed by atoms with Crippen molar-refractivity contribution in [2.75, 3.05) is 6.54 Å². The molecular weight excluding hydrogens is 290 g/mol. The van der Waals surface area contributed by atoms with E-state index in [0.717, 1.165) is 9.78 Å². The van der Waals surface area contributed by atoms with Crippen LogP contribution in [0.25, 0.3) is 6.05 Å². The van der Waals surface area contributed by atoms with Crippen LogP contribution in [0.3, 0.4) is 0 Å². The molecule has 0 atom stereocenters. The Morgan fingerprint density at radius 1 is 1.52 bits per heavy atom. The molecule has 0 aliphatic carbocycles. The second-order valence-corrected chi connectivity index (χ2v) is 6.59. The van der Waals surface area contributed by atoms with Crippen molar-refractivity contribution in [2.45, 2.75) is 33.1 Å². The van der Waals surface area contributed by atoms with Crippen molar-refractivity contribution in [3.05, 3.63) is 21.8 Å². The summed E-state index contributed by atoms with van der Waals surface area (Å²) >= 11 is 1.39. The summed E-state index contributed by atoms with van der Waals surface area (Å²) in [5.41, 5.74) is 1.50. The molecule has 6 nitrogen and oxygen atoms in total. The molecular formula is C14H17N3O3S. The van der Waals surface area contributed by atoms with Crippen LogP contribution in [0.4, 0.5) is 0 Å². The average Bonchev–Trinajstić information content (AvgIpc) is 2.89. The maximum absolute atomic E-state index is 12.3. The number of carbonyl (C=O) groups is 3. The number of piperazine rings is 1. The summed E-state index contributed by atoms with van der Waals surface area (Å²) in [5, 5.41) is 2.39. The summed E-state index contributed by atoms with van der Waals surface area (Å²) in [6, 6.07) is -0.171. The Hall–Kier alpha value is -2.02. The highest BCUT2D eigenvalue weighted by molar-refractivity contribution is 7.10. The van der Waals surface area contributed by atoms with Crippen LogP contribution in [0.5, 0.6) is 0 Å². The molecule has 3 amide bonds. The number of aromatic nitrogens is 1. The van der Waals surface area contributed by atoms with Crippen LogP contribution in [0.15, 0.2) is 11.2 Å². The number of rotatable bonds is 1. The first-order valence-corrected chi connectivity index (χ1v) is 7.28. The monoisotopic (exact) mass is 308 g/mol. The lowest BCUT2D eigenvalue weighted by molar-refractivity contribution is -0.147. The van der Waals surface area contributed by atoms with Gasteiger partial charge in [0.15, 0.2) is 0 Å². The van der Waals surface area contributed by atoms with Crippen molar-refractivity contribution in [2.24, 2.45) is 0 Å². The van der Waals surface area contributed by atoms with Gasteiger partial charge in [-0.2, -0.15) is 0 Å². The first kappa shape index (κ1) is 13.9. The molecule has 1 saturated heterocycles. The van der Waals surface area contributed by atoms with Crippen molar-refractivity contribution in [3.8, 4) is 0 Å². The molecule has 0 radical (unpaired) electrons. The highest BCUT2D eigenvalue weighted by Crippen LogP contribution is 2.30. The minimum atomic E-state index is -0.676. The van der Waals surface area contributed by atoms with Crippen molar-refractivity contribution >= 4 is 35.1 Å². The number of imide groups is 1. The van der Waals surface area contributed by atoms with E-state index in [2.05, 4.69) is 10.3 Å². The molecule has 0 aromatic carbocycles. The summed E-state index contributed by atoms with van der Waals surface area (Å²) in [5.74, 6) is -1.70. The van der Waals surface area contributed by atoms with Gasteiger partial charge >= 0.3 is 0 Å². The lowest BCUT2D eigenvalue weighted by Crippen LogP contribution is -2.51. The maximum Gasteiger partial charge on any atom is 0.277 e. The van der Waals surface area contributed by atoms with E-state index >= 15 is 0 Å². The second kappa shape index (κ2) is 5.40. The Kier molecular flexibility index (Phi) is 3.59. The number of hydrogen-bond acceptors (Lipinski definition) is 5. The fourth-order valence-electron chi connectivity index (χ4n) is 1.91. The number of amides is 3. The topological polar surface area (TPSA) is 79.4 Å². The van der Waals surface area contributed by atoms with Gasteiger partial charge in [-0.3, -0.25) is 19.3 Å². The van der Waals surface area contributed by atoms with Crippen LogP contribution >= 0.6 is 11.3 Å². The molecule has 0 bridgehead atoms. The lowest BCUT2D eigenvalue weighted by Gasteiger charge is -2.25. The average molecular weight is 308 g/mol. The molecule has 1 aromatic rings. The van der Waals surface area contributed by atoms with Crippen LogP contribution in [-0.4, -0.2) is 34.2 Å². The highest BCUT2D eigenvalue weighted by atomic mass is 32.1. The van der Waals surface area contributed by atoms with E-state index in [1.54, 1.807) is 5.51 Å². The number of hydrogen-bond donors (Lipinski definition) is 1. The molecule has 1 N–H and O–H groups in total. The normalized spacial score (nSPS) is 19.2. The fourth-order valence-corrected chi connectivity index (χ4v) is 2.74. The third kappa shape index (κ3) is 3.18. The number of nitrogens with one attached hydrogen (secondary N) is 1. The molecule has 0 spiro atoms. The van der Waals surface area contributed by atoms with Crippen molar-refractivity contribution in [1.82, 2.24) is 15.2 Å². The smallest absolute Gasteiger partial charge is 0.277 e. The predicted molar refractivity (Wildman–Crippen MR) is 79.3 cm³/mol. The molecule has 2 rings (SSSR count). The van der Waals surface area contributed by atoms with Gasteiger partial charge in [-0.15, -0.1) is 11.3 Å². The lowest BCUT2D eigenvalue weighted by atomic mass is 9.93. The van der Waals surface area contributed by atoms with Gasteiger partial charge in [-0.05, 0) is 11.5 Å². The minimum absolute atomic E-state index is 0.171. The Balaban J connectivity index is 2.53. The van der Waals surface area contributed by atoms with E-state index in [1.165, 1.54) is 18.3 Å². The summed E-state index contributed by atoms with van der Waals surface area (Å²) in [6.45, 7) is 6.82. The van der Waals surface area contributed by atoms with Crippen LogP contribution < -0.4 is 5.32 Å². The van der Waals surface area contributed by atoms with E-state index in [0.29, 0.717) is 5.69 Å². The third-order valence-electron chi connectivity index (χ3n) is 2.90. The molecule has 1 fully saturated rings. The Morgan fingerprint density at radius 3 is 2.76 bits per heavy atom. The van der Waals surface area contributed by atoms with E-state index in [4.69, 9.17) is 1.37 Å². The fraction of sp³-hybridized carbons (Fsp3) is 0.429. The maximum atomic E-state index is 12.3. The van der Waals surface area contributed by atoms with Gasteiger partial charge in [-0.1, -0.05) is 20.8 Å². The molecule has 2 heterocycles. The molecule has 7 heteroatoms. The minimum Gasteiger partial charge on any atom is -0.320 e. The Labute approximate surface area is 128 Å². The molecule has 1 aliphatic heterocycles. The van der Waals surface area contributed by atoms with E-state index in [-0.39, 0.29) is 23.7 Å². The van der Waals surface area contributed by atoms with Crippen molar-refractivity contribution < 1.29 is 15.8 Å². The van der Waals surface area contributed by atoms with Gasteiger partial charge in [0.05, 0.1) is 12.6 Å². The standard InChI is InChI=1S/C14H17N3O3S/c1-8(18)17-6-11(19)16-10(13(17)20)5-9-12(14(2,3)4)21-7-15-9/h5,7H,6H2,1-4H3,(H,16,19)/b10-5-/i5D. The zero-order valence-electron chi connectivity index (χ0n) is 13.3. The third-order valence-corrected chi connectivity index (χ3v) is 4.15. The van der Waals surface area contributed by atoms with Crippen molar-refractivity contribution in [1.29, 1.82) is 0 Å². The van der Waals surface area contributed by atoms with Gasteiger partial charge in [0, 0.05) is 11.8 Å². The quantitative estimate of drug-likeness (QED) is 0.793. The van der Waals surface area contributed by atoms with Crippen LogP contribution in [0.1, 0.15) is 39.6 Å². The van der Waals surface area contributed by atoms with E-state index in [1.807, 2.05) is 20.8 Å². The number of carbonyl (C=O) groups excluding carboxylic acids is 3. The van der Waals surface area contributed by atoms with Gasteiger partial charge in [-0.25, -0.2) is 4.98 Å². The van der Waals surface area contributed by atoms with Crippen LogP contribution in [-0.2, 0) is 19.8 Å². The predicted octanol–water partition coefficient (Wildman–Crippen LogP) is 1.29. The SMILES string of the molecule is [2H]/C(=C1/NC(=O)CN(C(C)=O)C1=O)c1ncsc1C(C)(C)C. The van der Waals surface area contributed by atoms with Crippen LogP contribution in [0.2, 0.25) is 0 Å².